The highest BCUT2D eigenvalue weighted by atomic mass is 79.9. The lowest BCUT2D eigenvalue weighted by Crippen LogP contribution is -2.12. The van der Waals surface area contributed by atoms with Crippen LogP contribution in [-0.2, 0) is 10.8 Å². The number of hydrogen-bond donors (Lipinski definition) is 2. The van der Waals surface area contributed by atoms with Gasteiger partial charge in [0.25, 0.3) is 0 Å². The molecular formula is C36H38Br2N2O2. The number of phenolic OH excluding ortho intramolecular Hbond substituents is 2. The molecule has 0 unspecified atom stereocenters. The molecule has 0 atom stereocenters. The topological polar surface area (TPSA) is 65.2 Å². The highest BCUT2D eigenvalue weighted by molar-refractivity contribution is 9.10. The van der Waals surface area contributed by atoms with E-state index in [1.54, 1.807) is 12.4 Å². The minimum absolute atomic E-state index is 0.191. The molecule has 0 spiro atoms. The molecule has 0 saturated carbocycles. The number of hydrogen-bond acceptors (Lipinski definition) is 4. The normalized spacial score (nSPS) is 12.5. The number of aromatic hydroxyl groups is 2. The van der Waals surface area contributed by atoms with Crippen LogP contribution in [0.1, 0.15) is 74.9 Å². The highest BCUT2D eigenvalue weighted by Gasteiger charge is 2.21. The highest BCUT2D eigenvalue weighted by Crippen LogP contribution is 2.37. The summed E-state index contributed by atoms with van der Waals surface area (Å²) in [6.45, 7) is 16.6. The summed E-state index contributed by atoms with van der Waals surface area (Å²) in [7, 11) is 0. The fraction of sp³-hybridized carbons (Fsp3) is 0.278. The standard InChI is InChI=1S/C36H38Br2N2O2/c1-21-13-23(9-11-31(21)39-19-25-15-27(37)17-29(33(25)41)35(3,4)5)24-10-12-32(22(2)14-24)40-20-26-16-28(38)18-30(34(26)42)36(6,7)8/h9-20,41-42H,1-8H3. The predicted molar refractivity (Wildman–Crippen MR) is 185 cm³/mol. The maximum Gasteiger partial charge on any atom is 0.128 e. The van der Waals surface area contributed by atoms with Crippen molar-refractivity contribution < 1.29 is 10.2 Å². The number of aryl methyl sites for hydroxylation is 2. The number of nitrogens with zero attached hydrogens (tertiary/aromatic N) is 2. The first kappa shape index (κ1) is 31.7. The van der Waals surface area contributed by atoms with Crippen LogP contribution in [0.2, 0.25) is 0 Å². The SMILES string of the molecule is Cc1cc(-c2ccc(N=Cc3cc(Br)cc(C(C)(C)C)c3O)c(C)c2)ccc1N=Cc1cc(Br)cc(C(C)(C)C)c1O. The van der Waals surface area contributed by atoms with Crippen molar-refractivity contribution in [2.24, 2.45) is 9.98 Å². The van der Waals surface area contributed by atoms with E-state index in [0.29, 0.717) is 11.1 Å². The lowest BCUT2D eigenvalue weighted by molar-refractivity contribution is 0.445. The molecule has 4 aromatic carbocycles. The predicted octanol–water partition coefficient (Wildman–Crippen LogP) is 11.0. The second-order valence-electron chi connectivity index (χ2n) is 12.8. The lowest BCUT2D eigenvalue weighted by Gasteiger charge is -2.21. The summed E-state index contributed by atoms with van der Waals surface area (Å²) in [4.78, 5) is 9.41. The van der Waals surface area contributed by atoms with Gasteiger partial charge in [-0.05, 0) is 95.5 Å². The van der Waals surface area contributed by atoms with E-state index >= 15 is 0 Å². The van der Waals surface area contributed by atoms with Gasteiger partial charge in [0, 0.05) is 43.6 Å². The summed E-state index contributed by atoms with van der Waals surface area (Å²) >= 11 is 7.14. The van der Waals surface area contributed by atoms with E-state index in [9.17, 15) is 10.2 Å². The maximum absolute atomic E-state index is 10.9. The van der Waals surface area contributed by atoms with E-state index in [2.05, 4.69) is 97.7 Å². The molecule has 0 radical (unpaired) electrons. The van der Waals surface area contributed by atoms with Gasteiger partial charge >= 0.3 is 0 Å². The largest absolute Gasteiger partial charge is 0.507 e. The van der Waals surface area contributed by atoms with Crippen LogP contribution in [0.3, 0.4) is 0 Å². The van der Waals surface area contributed by atoms with Crippen molar-refractivity contribution in [1.82, 2.24) is 0 Å². The van der Waals surface area contributed by atoms with Gasteiger partial charge < -0.3 is 10.2 Å². The van der Waals surface area contributed by atoms with Gasteiger partial charge in [-0.15, -0.1) is 0 Å². The first-order chi connectivity index (χ1) is 19.5. The molecule has 0 heterocycles. The lowest BCUT2D eigenvalue weighted by atomic mass is 9.85. The Labute approximate surface area is 266 Å². The van der Waals surface area contributed by atoms with Gasteiger partial charge in [0.2, 0.25) is 0 Å². The van der Waals surface area contributed by atoms with Crippen LogP contribution in [0.4, 0.5) is 11.4 Å². The van der Waals surface area contributed by atoms with Crippen LogP contribution in [0, 0.1) is 13.8 Å². The van der Waals surface area contributed by atoms with Gasteiger partial charge in [-0.1, -0.05) is 85.5 Å². The zero-order valence-corrected chi connectivity index (χ0v) is 28.6. The van der Waals surface area contributed by atoms with Crippen molar-refractivity contribution in [3.8, 4) is 22.6 Å². The van der Waals surface area contributed by atoms with E-state index in [1.165, 1.54) is 0 Å². The molecule has 0 aliphatic carbocycles. The summed E-state index contributed by atoms with van der Waals surface area (Å²) in [6.07, 6.45) is 3.45. The molecule has 0 saturated heterocycles. The zero-order chi connectivity index (χ0) is 31.0. The summed E-state index contributed by atoms with van der Waals surface area (Å²) in [5.41, 5.74) is 8.65. The van der Waals surface area contributed by atoms with Crippen LogP contribution in [0.25, 0.3) is 11.1 Å². The molecule has 0 aromatic heterocycles. The second kappa shape index (κ2) is 12.2. The molecule has 6 heteroatoms. The Kier molecular flexibility index (Phi) is 9.19. The van der Waals surface area contributed by atoms with Crippen molar-refractivity contribution in [3.05, 3.63) is 103 Å². The van der Waals surface area contributed by atoms with E-state index in [-0.39, 0.29) is 22.3 Å². The Balaban J connectivity index is 1.58. The zero-order valence-electron chi connectivity index (χ0n) is 25.5. The quantitative estimate of drug-likeness (QED) is 0.205. The average Bonchev–Trinajstić information content (AvgIpc) is 2.89. The molecule has 4 rings (SSSR count). The number of benzene rings is 4. The van der Waals surface area contributed by atoms with Gasteiger partial charge in [0.15, 0.2) is 0 Å². The maximum atomic E-state index is 10.9. The molecule has 0 aliphatic rings. The third-order valence-electron chi connectivity index (χ3n) is 7.24. The molecule has 0 fully saturated rings. The number of aliphatic imine (C=N–C) groups is 2. The Morgan fingerprint density at radius 2 is 0.929 bits per heavy atom. The fourth-order valence-electron chi connectivity index (χ4n) is 4.82. The minimum atomic E-state index is -0.191. The van der Waals surface area contributed by atoms with Crippen molar-refractivity contribution in [2.75, 3.05) is 0 Å². The van der Waals surface area contributed by atoms with Crippen molar-refractivity contribution in [2.45, 2.75) is 66.2 Å². The second-order valence-corrected chi connectivity index (χ2v) is 14.6. The number of halogens is 2. The summed E-state index contributed by atoms with van der Waals surface area (Å²) < 4.78 is 1.81. The summed E-state index contributed by atoms with van der Waals surface area (Å²) in [6, 6.07) is 20.1. The Morgan fingerprint density at radius 3 is 1.24 bits per heavy atom. The number of rotatable bonds is 5. The monoisotopic (exact) mass is 688 g/mol. The van der Waals surface area contributed by atoms with Crippen LogP contribution in [0.15, 0.2) is 79.6 Å². The van der Waals surface area contributed by atoms with E-state index < -0.39 is 0 Å². The molecule has 4 aromatic rings. The number of phenols is 2. The van der Waals surface area contributed by atoms with Crippen LogP contribution in [-0.4, -0.2) is 22.6 Å². The third-order valence-corrected chi connectivity index (χ3v) is 8.15. The Bertz CT molecular complexity index is 1580. The van der Waals surface area contributed by atoms with Crippen molar-refractivity contribution >= 4 is 55.7 Å². The Morgan fingerprint density at radius 1 is 0.571 bits per heavy atom. The van der Waals surface area contributed by atoms with E-state index in [0.717, 1.165) is 53.7 Å². The van der Waals surface area contributed by atoms with E-state index in [1.807, 2.05) is 50.2 Å². The van der Waals surface area contributed by atoms with Gasteiger partial charge in [-0.2, -0.15) is 0 Å². The molecule has 0 bridgehead atoms. The van der Waals surface area contributed by atoms with Crippen LogP contribution >= 0.6 is 31.9 Å². The van der Waals surface area contributed by atoms with E-state index in [4.69, 9.17) is 9.98 Å². The molecular weight excluding hydrogens is 652 g/mol. The summed E-state index contributed by atoms with van der Waals surface area (Å²) in [5, 5.41) is 21.7. The van der Waals surface area contributed by atoms with Crippen LogP contribution < -0.4 is 0 Å². The minimum Gasteiger partial charge on any atom is -0.507 e. The van der Waals surface area contributed by atoms with Gasteiger partial charge in [0.1, 0.15) is 11.5 Å². The van der Waals surface area contributed by atoms with Gasteiger partial charge in [0.05, 0.1) is 11.4 Å². The Hall–Kier alpha value is -3.22. The van der Waals surface area contributed by atoms with Crippen molar-refractivity contribution in [1.29, 1.82) is 0 Å². The molecule has 0 aliphatic heterocycles. The van der Waals surface area contributed by atoms with Gasteiger partial charge in [-0.25, -0.2) is 0 Å². The molecule has 218 valence electrons. The van der Waals surface area contributed by atoms with Crippen LogP contribution in [0.5, 0.6) is 11.5 Å². The molecule has 2 N–H and O–H groups in total. The molecule has 0 amide bonds. The molecule has 4 nitrogen and oxygen atoms in total. The molecule has 42 heavy (non-hydrogen) atoms. The average molecular weight is 691 g/mol. The summed E-state index contributed by atoms with van der Waals surface area (Å²) in [5.74, 6) is 0.512. The smallest absolute Gasteiger partial charge is 0.128 e. The first-order valence-corrected chi connectivity index (χ1v) is 15.5. The van der Waals surface area contributed by atoms with Gasteiger partial charge in [-0.3, -0.25) is 9.98 Å². The third kappa shape index (κ3) is 7.22. The van der Waals surface area contributed by atoms with Crippen molar-refractivity contribution in [3.63, 3.8) is 0 Å². The fourth-order valence-corrected chi connectivity index (χ4v) is 5.77. The first-order valence-electron chi connectivity index (χ1n) is 13.9.